The van der Waals surface area contributed by atoms with E-state index in [1.165, 1.54) is 23.5 Å². The van der Waals surface area contributed by atoms with Crippen molar-refractivity contribution >= 4 is 34.5 Å². The summed E-state index contributed by atoms with van der Waals surface area (Å²) in [5.41, 5.74) is 7.78. The van der Waals surface area contributed by atoms with E-state index >= 15 is 0 Å². The molecule has 0 fully saturated rings. The second-order valence-corrected chi connectivity index (χ2v) is 5.84. The highest BCUT2D eigenvalue weighted by Crippen LogP contribution is 2.35. The van der Waals surface area contributed by atoms with Crippen LogP contribution in [0.1, 0.15) is 22.0 Å². The third-order valence-electron chi connectivity index (χ3n) is 2.48. The van der Waals surface area contributed by atoms with E-state index < -0.39 is 0 Å². The first-order valence-electron chi connectivity index (χ1n) is 4.95. The average Bonchev–Trinajstić information content (AvgIpc) is 2.58. The van der Waals surface area contributed by atoms with Gasteiger partial charge in [0.25, 0.3) is 0 Å². The molecule has 0 amide bonds. The number of halogens is 3. The van der Waals surface area contributed by atoms with Gasteiger partial charge in [0.15, 0.2) is 0 Å². The Morgan fingerprint density at radius 2 is 2.00 bits per heavy atom. The first-order chi connectivity index (χ1) is 7.99. The molecule has 0 spiro atoms. The lowest BCUT2D eigenvalue weighted by atomic mass is 10.1. The molecule has 0 aliphatic rings. The van der Waals surface area contributed by atoms with Crippen molar-refractivity contribution in [2.24, 2.45) is 5.73 Å². The summed E-state index contributed by atoms with van der Waals surface area (Å²) < 4.78 is 13.7. The molecule has 1 unspecified atom stereocenters. The van der Waals surface area contributed by atoms with Crippen molar-refractivity contribution in [1.82, 2.24) is 0 Å². The van der Waals surface area contributed by atoms with Crippen LogP contribution in [0.5, 0.6) is 0 Å². The molecule has 90 valence electrons. The zero-order valence-corrected chi connectivity index (χ0v) is 11.3. The molecule has 1 heterocycles. The highest BCUT2D eigenvalue weighted by Gasteiger charge is 2.16. The van der Waals surface area contributed by atoms with Crippen molar-refractivity contribution in [1.29, 1.82) is 0 Å². The minimum Gasteiger partial charge on any atom is -0.320 e. The van der Waals surface area contributed by atoms with Crippen LogP contribution in [0, 0.1) is 12.7 Å². The Morgan fingerprint density at radius 1 is 1.29 bits per heavy atom. The fourth-order valence-electron chi connectivity index (χ4n) is 1.54. The molecule has 1 aromatic carbocycles. The van der Waals surface area contributed by atoms with E-state index in [9.17, 15) is 4.39 Å². The summed E-state index contributed by atoms with van der Waals surface area (Å²) in [5.74, 6) is -0.369. The van der Waals surface area contributed by atoms with Crippen LogP contribution in [0.15, 0.2) is 24.3 Å². The van der Waals surface area contributed by atoms with Crippen molar-refractivity contribution in [3.8, 4) is 0 Å². The molecule has 0 saturated carbocycles. The summed E-state index contributed by atoms with van der Waals surface area (Å²) in [6, 6.07) is 5.77. The molecular weight excluding hydrogens is 280 g/mol. The van der Waals surface area contributed by atoms with Gasteiger partial charge in [-0.3, -0.25) is 0 Å². The Hall–Kier alpha value is -0.610. The molecule has 1 nitrogen and oxygen atoms in total. The zero-order valence-electron chi connectivity index (χ0n) is 9.01. The van der Waals surface area contributed by atoms with Crippen molar-refractivity contribution in [2.45, 2.75) is 13.0 Å². The van der Waals surface area contributed by atoms with Crippen LogP contribution < -0.4 is 5.73 Å². The Morgan fingerprint density at radius 3 is 2.53 bits per heavy atom. The fraction of sp³-hybridized carbons (Fsp3) is 0.167. The molecule has 1 atom stereocenters. The maximum absolute atomic E-state index is 12.9. The Labute approximate surface area is 113 Å². The normalized spacial score (nSPS) is 12.8. The monoisotopic (exact) mass is 289 g/mol. The van der Waals surface area contributed by atoms with Crippen molar-refractivity contribution in [2.75, 3.05) is 0 Å². The maximum atomic E-state index is 12.9. The lowest BCUT2D eigenvalue weighted by molar-refractivity contribution is 0.626. The molecule has 0 radical (unpaired) electrons. The second-order valence-electron chi connectivity index (χ2n) is 3.75. The fourth-order valence-corrected chi connectivity index (χ4v) is 3.07. The SMILES string of the molecule is Cc1cc(C(N)c2ccc(F)cc2Cl)sc1Cl. The first kappa shape index (κ1) is 12.8. The Balaban J connectivity index is 2.39. The number of hydrogen-bond donors (Lipinski definition) is 1. The summed E-state index contributed by atoms with van der Waals surface area (Å²) in [7, 11) is 0. The Kier molecular flexibility index (Phi) is 3.73. The van der Waals surface area contributed by atoms with Gasteiger partial charge < -0.3 is 5.73 Å². The highest BCUT2D eigenvalue weighted by molar-refractivity contribution is 7.16. The van der Waals surface area contributed by atoms with Gasteiger partial charge >= 0.3 is 0 Å². The highest BCUT2D eigenvalue weighted by atomic mass is 35.5. The quantitative estimate of drug-likeness (QED) is 0.862. The number of rotatable bonds is 2. The number of thiophene rings is 1. The summed E-state index contributed by atoms with van der Waals surface area (Å²) in [4.78, 5) is 0.918. The van der Waals surface area contributed by atoms with E-state index in [4.69, 9.17) is 28.9 Å². The predicted octanol–water partition coefficient (Wildman–Crippen LogP) is 4.55. The van der Waals surface area contributed by atoms with Crippen LogP contribution in [-0.4, -0.2) is 0 Å². The summed E-state index contributed by atoms with van der Waals surface area (Å²) >= 11 is 13.4. The van der Waals surface area contributed by atoms with Crippen LogP contribution in [0.2, 0.25) is 9.36 Å². The topological polar surface area (TPSA) is 26.0 Å². The number of hydrogen-bond acceptors (Lipinski definition) is 2. The Bertz CT molecular complexity index is 534. The summed E-state index contributed by atoms with van der Waals surface area (Å²) in [6.07, 6.45) is 0. The van der Waals surface area contributed by atoms with Gasteiger partial charge in [0.2, 0.25) is 0 Å². The molecule has 2 rings (SSSR count). The third kappa shape index (κ3) is 2.63. The molecule has 1 aromatic heterocycles. The standard InChI is InChI=1S/C12H10Cl2FNS/c1-6-4-10(17-12(6)14)11(16)8-3-2-7(15)5-9(8)13/h2-5,11H,16H2,1H3. The predicted molar refractivity (Wildman–Crippen MR) is 71.5 cm³/mol. The van der Waals surface area contributed by atoms with E-state index in [1.807, 2.05) is 13.0 Å². The molecular formula is C12H10Cl2FNS. The van der Waals surface area contributed by atoms with E-state index in [0.717, 1.165) is 10.4 Å². The molecule has 17 heavy (non-hydrogen) atoms. The van der Waals surface area contributed by atoms with Gasteiger partial charge in [-0.15, -0.1) is 11.3 Å². The molecule has 2 N–H and O–H groups in total. The van der Waals surface area contributed by atoms with Gasteiger partial charge in [-0.2, -0.15) is 0 Å². The van der Waals surface area contributed by atoms with E-state index in [2.05, 4.69) is 0 Å². The molecule has 5 heteroatoms. The summed E-state index contributed by atoms with van der Waals surface area (Å²) in [5, 5.41) is 0.333. The van der Waals surface area contributed by atoms with Crippen molar-refractivity contribution in [3.05, 3.63) is 55.4 Å². The largest absolute Gasteiger partial charge is 0.320 e. The van der Waals surface area contributed by atoms with Gasteiger partial charge in [0.1, 0.15) is 5.82 Å². The van der Waals surface area contributed by atoms with Gasteiger partial charge in [-0.05, 0) is 36.2 Å². The second kappa shape index (κ2) is 4.94. The van der Waals surface area contributed by atoms with Crippen LogP contribution in [-0.2, 0) is 0 Å². The van der Waals surface area contributed by atoms with Crippen LogP contribution in [0.25, 0.3) is 0 Å². The van der Waals surface area contributed by atoms with E-state index in [-0.39, 0.29) is 11.9 Å². The van der Waals surface area contributed by atoms with Crippen LogP contribution >= 0.6 is 34.5 Å². The minimum atomic E-state index is -0.376. The van der Waals surface area contributed by atoms with Gasteiger partial charge in [-0.1, -0.05) is 29.3 Å². The lowest BCUT2D eigenvalue weighted by Crippen LogP contribution is -2.10. The smallest absolute Gasteiger partial charge is 0.124 e. The van der Waals surface area contributed by atoms with Gasteiger partial charge in [0, 0.05) is 9.90 Å². The minimum absolute atomic E-state index is 0.333. The zero-order chi connectivity index (χ0) is 12.6. The molecule has 0 aliphatic carbocycles. The van der Waals surface area contributed by atoms with Gasteiger partial charge in [-0.25, -0.2) is 4.39 Å². The molecule has 0 bridgehead atoms. The van der Waals surface area contributed by atoms with Crippen LogP contribution in [0.4, 0.5) is 4.39 Å². The third-order valence-corrected chi connectivity index (χ3v) is 4.45. The average molecular weight is 290 g/mol. The van der Waals surface area contributed by atoms with E-state index in [0.29, 0.717) is 14.9 Å². The maximum Gasteiger partial charge on any atom is 0.124 e. The summed E-state index contributed by atoms with van der Waals surface area (Å²) in [6.45, 7) is 1.92. The van der Waals surface area contributed by atoms with Crippen LogP contribution in [0.3, 0.4) is 0 Å². The molecule has 0 saturated heterocycles. The molecule has 2 aromatic rings. The van der Waals surface area contributed by atoms with Gasteiger partial charge in [0.05, 0.1) is 10.4 Å². The van der Waals surface area contributed by atoms with E-state index in [1.54, 1.807) is 6.07 Å². The van der Waals surface area contributed by atoms with Crippen molar-refractivity contribution in [3.63, 3.8) is 0 Å². The number of benzene rings is 1. The first-order valence-corrected chi connectivity index (χ1v) is 6.52. The van der Waals surface area contributed by atoms with Crippen molar-refractivity contribution < 1.29 is 4.39 Å². The molecule has 0 aliphatic heterocycles. The lowest BCUT2D eigenvalue weighted by Gasteiger charge is -2.11. The number of aryl methyl sites for hydroxylation is 1. The number of nitrogens with two attached hydrogens (primary N) is 1.